The van der Waals surface area contributed by atoms with Gasteiger partial charge >= 0.3 is 12.1 Å². The zero-order chi connectivity index (χ0) is 19.0. The summed E-state index contributed by atoms with van der Waals surface area (Å²) in [6.45, 7) is 7.37. The average Bonchev–Trinajstić information content (AvgIpc) is 2.59. The van der Waals surface area contributed by atoms with Crippen molar-refractivity contribution in [2.24, 2.45) is 0 Å². The van der Waals surface area contributed by atoms with Gasteiger partial charge in [-0.1, -0.05) is 30.3 Å². The number of ether oxygens (including phenoxy) is 3. The highest BCUT2D eigenvalue weighted by molar-refractivity contribution is 5.70. The third-order valence-electron chi connectivity index (χ3n) is 3.99. The number of esters is 1. The molecule has 0 radical (unpaired) electrons. The Balaban J connectivity index is 1.61. The van der Waals surface area contributed by atoms with Crippen molar-refractivity contribution >= 4 is 12.1 Å². The van der Waals surface area contributed by atoms with Crippen LogP contribution in [0.3, 0.4) is 0 Å². The summed E-state index contributed by atoms with van der Waals surface area (Å²) in [5.41, 5.74) is 0.504. The molecule has 1 aliphatic rings. The smallest absolute Gasteiger partial charge is 0.410 e. The molecule has 0 unspecified atom stereocenters. The Morgan fingerprint density at radius 2 is 1.77 bits per heavy atom. The van der Waals surface area contributed by atoms with Crippen LogP contribution in [0.25, 0.3) is 0 Å². The van der Waals surface area contributed by atoms with Crippen molar-refractivity contribution in [2.45, 2.75) is 58.3 Å². The first-order valence-electron chi connectivity index (χ1n) is 9.12. The van der Waals surface area contributed by atoms with E-state index in [0.29, 0.717) is 19.7 Å². The third-order valence-corrected chi connectivity index (χ3v) is 3.99. The Morgan fingerprint density at radius 1 is 1.12 bits per heavy atom. The molecule has 1 aliphatic heterocycles. The van der Waals surface area contributed by atoms with Gasteiger partial charge in [-0.2, -0.15) is 0 Å². The predicted molar refractivity (Wildman–Crippen MR) is 97.6 cm³/mol. The highest BCUT2D eigenvalue weighted by atomic mass is 16.6. The summed E-state index contributed by atoms with van der Waals surface area (Å²) < 4.78 is 16.3. The second-order valence-electron chi connectivity index (χ2n) is 7.43. The van der Waals surface area contributed by atoms with Gasteiger partial charge in [0.2, 0.25) is 0 Å². The molecule has 1 fully saturated rings. The molecule has 2 rings (SSSR count). The second-order valence-corrected chi connectivity index (χ2v) is 7.43. The molecule has 6 nitrogen and oxygen atoms in total. The maximum absolute atomic E-state index is 12.1. The Hall–Kier alpha value is -2.08. The van der Waals surface area contributed by atoms with Gasteiger partial charge in [-0.15, -0.1) is 0 Å². The zero-order valence-corrected chi connectivity index (χ0v) is 15.9. The molecule has 0 bridgehead atoms. The minimum atomic E-state index is -0.470. The van der Waals surface area contributed by atoms with Gasteiger partial charge < -0.3 is 19.1 Å². The van der Waals surface area contributed by atoms with Gasteiger partial charge in [-0.25, -0.2) is 4.79 Å². The molecule has 0 atom stereocenters. The largest absolute Gasteiger partial charge is 0.460 e. The number of benzene rings is 1. The first kappa shape index (κ1) is 20.2. The van der Waals surface area contributed by atoms with Gasteiger partial charge in [-0.05, 0) is 39.2 Å². The van der Waals surface area contributed by atoms with Gasteiger partial charge in [0.05, 0.1) is 19.1 Å². The number of carbonyl (C=O) groups excluding carboxylic acids is 2. The summed E-state index contributed by atoms with van der Waals surface area (Å²) in [7, 11) is 0. The summed E-state index contributed by atoms with van der Waals surface area (Å²) in [6, 6.07) is 9.63. The molecule has 0 aromatic heterocycles. The Labute approximate surface area is 155 Å². The molecule has 1 aromatic carbocycles. The van der Waals surface area contributed by atoms with Crippen molar-refractivity contribution in [3.05, 3.63) is 35.9 Å². The lowest BCUT2D eigenvalue weighted by molar-refractivity contribution is -0.156. The fraction of sp³-hybridized carbons (Fsp3) is 0.600. The van der Waals surface area contributed by atoms with Crippen molar-refractivity contribution in [1.29, 1.82) is 0 Å². The van der Waals surface area contributed by atoms with Crippen LogP contribution in [0.15, 0.2) is 30.3 Å². The lowest BCUT2D eigenvalue weighted by Gasteiger charge is -2.31. The fourth-order valence-electron chi connectivity index (χ4n) is 2.72. The molecule has 0 N–H and O–H groups in total. The van der Waals surface area contributed by atoms with E-state index in [1.807, 2.05) is 51.1 Å². The zero-order valence-electron chi connectivity index (χ0n) is 15.9. The minimum Gasteiger partial charge on any atom is -0.460 e. The molecule has 26 heavy (non-hydrogen) atoms. The van der Waals surface area contributed by atoms with E-state index in [2.05, 4.69) is 0 Å². The van der Waals surface area contributed by atoms with Crippen molar-refractivity contribution < 1.29 is 23.8 Å². The van der Waals surface area contributed by atoms with Gasteiger partial charge in [0.1, 0.15) is 12.2 Å². The lowest BCUT2D eigenvalue weighted by atomic mass is 10.1. The number of amides is 1. The summed E-state index contributed by atoms with van der Waals surface area (Å²) in [5.74, 6) is -0.251. The summed E-state index contributed by atoms with van der Waals surface area (Å²) in [6.07, 6.45) is 1.51. The molecule has 6 heteroatoms. The number of rotatable bonds is 6. The number of nitrogens with zero attached hydrogens (tertiary/aromatic N) is 1. The highest BCUT2D eigenvalue weighted by Gasteiger charge is 2.24. The van der Waals surface area contributed by atoms with Crippen molar-refractivity contribution in [3.8, 4) is 0 Å². The molecular weight excluding hydrogens is 334 g/mol. The number of likely N-dealkylation sites (tertiary alicyclic amines) is 1. The van der Waals surface area contributed by atoms with Crippen LogP contribution in [0.2, 0.25) is 0 Å². The van der Waals surface area contributed by atoms with Crippen molar-refractivity contribution in [3.63, 3.8) is 0 Å². The molecule has 0 spiro atoms. The summed E-state index contributed by atoms with van der Waals surface area (Å²) in [5, 5.41) is 0. The van der Waals surface area contributed by atoms with E-state index in [4.69, 9.17) is 14.2 Å². The van der Waals surface area contributed by atoms with Crippen LogP contribution in [0, 0.1) is 0 Å². The van der Waals surface area contributed by atoms with Crippen LogP contribution in [-0.4, -0.2) is 48.4 Å². The summed E-state index contributed by atoms with van der Waals surface area (Å²) in [4.78, 5) is 25.5. The topological polar surface area (TPSA) is 65.1 Å². The van der Waals surface area contributed by atoms with Gasteiger partial charge in [0, 0.05) is 13.1 Å². The molecule has 1 aromatic rings. The summed E-state index contributed by atoms with van der Waals surface area (Å²) >= 11 is 0. The first-order chi connectivity index (χ1) is 12.3. The van der Waals surface area contributed by atoms with Crippen LogP contribution in [0.1, 0.15) is 45.6 Å². The second kappa shape index (κ2) is 9.57. The number of piperidine rings is 1. The van der Waals surface area contributed by atoms with Crippen LogP contribution in [0.5, 0.6) is 0 Å². The SMILES string of the molecule is CC(C)(C)OC(=O)CCOC1CCN(C(=O)OCc2ccccc2)CC1. The van der Waals surface area contributed by atoms with Crippen molar-refractivity contribution in [2.75, 3.05) is 19.7 Å². The standard InChI is InChI=1S/C20H29NO5/c1-20(2,3)26-18(22)11-14-24-17-9-12-21(13-10-17)19(23)25-15-16-7-5-4-6-8-16/h4-8,17H,9-15H2,1-3H3. The maximum Gasteiger partial charge on any atom is 0.410 e. The Bertz CT molecular complexity index is 574. The molecule has 0 saturated carbocycles. The predicted octanol–water partition coefficient (Wildman–Crippen LogP) is 3.54. The van der Waals surface area contributed by atoms with Gasteiger partial charge in [0.25, 0.3) is 0 Å². The normalized spacial score (nSPS) is 15.6. The molecule has 144 valence electrons. The quantitative estimate of drug-likeness (QED) is 0.724. The van der Waals surface area contributed by atoms with E-state index >= 15 is 0 Å². The number of carbonyl (C=O) groups is 2. The molecule has 0 aliphatic carbocycles. The third kappa shape index (κ3) is 7.44. The molecule has 1 saturated heterocycles. The maximum atomic E-state index is 12.1. The number of hydrogen-bond donors (Lipinski definition) is 0. The van der Waals surface area contributed by atoms with Crippen LogP contribution < -0.4 is 0 Å². The lowest BCUT2D eigenvalue weighted by Crippen LogP contribution is -2.41. The van der Waals surface area contributed by atoms with Crippen LogP contribution in [-0.2, 0) is 25.6 Å². The van der Waals surface area contributed by atoms with E-state index in [0.717, 1.165) is 18.4 Å². The van der Waals surface area contributed by atoms with Crippen LogP contribution in [0.4, 0.5) is 4.79 Å². The first-order valence-corrected chi connectivity index (χ1v) is 9.12. The van der Waals surface area contributed by atoms with E-state index in [-0.39, 0.29) is 31.2 Å². The van der Waals surface area contributed by atoms with E-state index in [1.54, 1.807) is 4.90 Å². The van der Waals surface area contributed by atoms with E-state index in [1.165, 1.54) is 0 Å². The molecule has 1 heterocycles. The van der Waals surface area contributed by atoms with Gasteiger partial charge in [-0.3, -0.25) is 4.79 Å². The van der Waals surface area contributed by atoms with Crippen molar-refractivity contribution in [1.82, 2.24) is 4.90 Å². The minimum absolute atomic E-state index is 0.0654. The fourth-order valence-corrected chi connectivity index (χ4v) is 2.72. The number of hydrogen-bond acceptors (Lipinski definition) is 5. The monoisotopic (exact) mass is 363 g/mol. The van der Waals surface area contributed by atoms with Crippen LogP contribution >= 0.6 is 0 Å². The Morgan fingerprint density at radius 3 is 2.38 bits per heavy atom. The molecule has 1 amide bonds. The van der Waals surface area contributed by atoms with E-state index < -0.39 is 5.60 Å². The van der Waals surface area contributed by atoms with E-state index in [9.17, 15) is 9.59 Å². The average molecular weight is 363 g/mol. The highest BCUT2D eigenvalue weighted by Crippen LogP contribution is 2.16. The Kier molecular flexibility index (Phi) is 7.45. The van der Waals surface area contributed by atoms with Gasteiger partial charge in [0.15, 0.2) is 0 Å². The molecular formula is C20H29NO5.